The van der Waals surface area contributed by atoms with Gasteiger partial charge in [-0.05, 0) is 49.4 Å². The SMILES string of the molecule is Cc1cc(=O)c(C(=O)N(Cc2ccccn2)c2ccc(F)cc2)nn1-c1ccccc1[N+](=O)[O-]. The highest BCUT2D eigenvalue weighted by Crippen LogP contribution is 2.23. The van der Waals surface area contributed by atoms with Crippen LogP contribution in [0.15, 0.2) is 83.8 Å². The number of nitro groups is 1. The number of benzene rings is 2. The number of carbonyl (C=O) groups is 1. The lowest BCUT2D eigenvalue weighted by Crippen LogP contribution is -2.36. The monoisotopic (exact) mass is 459 g/mol. The van der Waals surface area contributed by atoms with Gasteiger partial charge in [0.2, 0.25) is 5.43 Å². The van der Waals surface area contributed by atoms with E-state index in [-0.39, 0.29) is 17.9 Å². The predicted molar refractivity (Wildman–Crippen MR) is 122 cm³/mol. The van der Waals surface area contributed by atoms with Crippen LogP contribution in [-0.4, -0.2) is 25.6 Å². The number of anilines is 1. The first-order chi connectivity index (χ1) is 16.3. The highest BCUT2D eigenvalue weighted by molar-refractivity contribution is 6.04. The summed E-state index contributed by atoms with van der Waals surface area (Å²) in [6.45, 7) is 1.55. The second kappa shape index (κ2) is 9.41. The lowest BCUT2D eigenvalue weighted by atomic mass is 10.2. The molecule has 10 heteroatoms. The molecule has 0 bridgehead atoms. The Kier molecular flexibility index (Phi) is 6.22. The van der Waals surface area contributed by atoms with Crippen molar-refractivity contribution >= 4 is 17.3 Å². The van der Waals surface area contributed by atoms with E-state index in [2.05, 4.69) is 10.1 Å². The normalized spacial score (nSPS) is 10.6. The van der Waals surface area contributed by atoms with Crippen LogP contribution >= 0.6 is 0 Å². The Morgan fingerprint density at radius 3 is 2.47 bits per heavy atom. The maximum absolute atomic E-state index is 13.6. The second-order valence-electron chi connectivity index (χ2n) is 7.34. The van der Waals surface area contributed by atoms with Crippen LogP contribution in [0.3, 0.4) is 0 Å². The molecule has 0 saturated carbocycles. The number of amides is 1. The van der Waals surface area contributed by atoms with Gasteiger partial charge in [0.15, 0.2) is 5.69 Å². The summed E-state index contributed by atoms with van der Waals surface area (Å²) in [6.07, 6.45) is 1.56. The number of hydrogen-bond acceptors (Lipinski definition) is 6. The molecule has 2 heterocycles. The van der Waals surface area contributed by atoms with Crippen LogP contribution in [0.25, 0.3) is 5.69 Å². The van der Waals surface area contributed by atoms with Crippen LogP contribution in [0.5, 0.6) is 0 Å². The van der Waals surface area contributed by atoms with Gasteiger partial charge in [0, 0.05) is 29.7 Å². The van der Waals surface area contributed by atoms with Gasteiger partial charge in [0.05, 0.1) is 17.2 Å². The summed E-state index contributed by atoms with van der Waals surface area (Å²) in [5.41, 5.74) is -0.0353. The molecular weight excluding hydrogens is 441 g/mol. The first kappa shape index (κ1) is 22.5. The molecule has 4 aromatic rings. The van der Waals surface area contributed by atoms with Gasteiger partial charge in [0.1, 0.15) is 11.5 Å². The van der Waals surface area contributed by atoms with Gasteiger partial charge in [-0.15, -0.1) is 0 Å². The predicted octanol–water partition coefficient (Wildman–Crippen LogP) is 3.83. The molecule has 0 aliphatic carbocycles. The molecule has 170 valence electrons. The molecule has 0 unspecified atom stereocenters. The van der Waals surface area contributed by atoms with Crippen molar-refractivity contribution in [3.63, 3.8) is 0 Å². The summed E-state index contributed by atoms with van der Waals surface area (Å²) < 4.78 is 14.7. The molecule has 0 radical (unpaired) electrons. The second-order valence-corrected chi connectivity index (χ2v) is 7.34. The Morgan fingerprint density at radius 1 is 1.09 bits per heavy atom. The summed E-state index contributed by atoms with van der Waals surface area (Å²) in [4.78, 5) is 42.8. The molecule has 2 aromatic heterocycles. The van der Waals surface area contributed by atoms with Gasteiger partial charge >= 0.3 is 0 Å². The molecule has 0 aliphatic heterocycles. The molecule has 0 fully saturated rings. The van der Waals surface area contributed by atoms with Crippen LogP contribution in [-0.2, 0) is 6.54 Å². The minimum absolute atomic E-state index is 0.00815. The molecule has 4 rings (SSSR count). The number of pyridine rings is 1. The zero-order valence-corrected chi connectivity index (χ0v) is 18.0. The molecule has 0 N–H and O–H groups in total. The van der Waals surface area contributed by atoms with E-state index in [1.54, 1.807) is 37.4 Å². The van der Waals surface area contributed by atoms with Crippen molar-refractivity contribution < 1.29 is 14.1 Å². The zero-order chi connectivity index (χ0) is 24.2. The molecule has 34 heavy (non-hydrogen) atoms. The first-order valence-corrected chi connectivity index (χ1v) is 10.2. The Morgan fingerprint density at radius 2 is 1.79 bits per heavy atom. The molecule has 1 amide bonds. The maximum atomic E-state index is 13.6. The van der Waals surface area contributed by atoms with Gasteiger partial charge < -0.3 is 4.90 Å². The van der Waals surface area contributed by atoms with E-state index >= 15 is 0 Å². The van der Waals surface area contributed by atoms with Gasteiger partial charge in [-0.2, -0.15) is 5.10 Å². The van der Waals surface area contributed by atoms with Crippen LogP contribution in [0, 0.1) is 22.9 Å². The van der Waals surface area contributed by atoms with Crippen molar-refractivity contribution in [3.05, 3.63) is 122 Å². The summed E-state index contributed by atoms with van der Waals surface area (Å²) in [7, 11) is 0. The van der Waals surface area contributed by atoms with E-state index in [9.17, 15) is 24.1 Å². The molecule has 0 spiro atoms. The number of nitrogens with zero attached hydrogens (tertiary/aromatic N) is 5. The van der Waals surface area contributed by atoms with Gasteiger partial charge in [-0.3, -0.25) is 24.7 Å². The Hall–Kier alpha value is -4.73. The summed E-state index contributed by atoms with van der Waals surface area (Å²) in [5.74, 6) is -1.24. The van der Waals surface area contributed by atoms with E-state index in [1.807, 2.05) is 0 Å². The van der Waals surface area contributed by atoms with Crippen molar-refractivity contribution in [2.75, 3.05) is 4.90 Å². The molecular formula is C24H18FN5O4. The third-order valence-electron chi connectivity index (χ3n) is 5.05. The number of nitro benzene ring substituents is 1. The van der Waals surface area contributed by atoms with Crippen molar-refractivity contribution in [3.8, 4) is 5.69 Å². The summed E-state index contributed by atoms with van der Waals surface area (Å²) >= 11 is 0. The summed E-state index contributed by atoms with van der Waals surface area (Å²) in [6, 6.07) is 17.5. The Labute approximate surface area is 192 Å². The van der Waals surface area contributed by atoms with Crippen LogP contribution < -0.4 is 10.3 Å². The molecule has 0 saturated heterocycles. The lowest BCUT2D eigenvalue weighted by molar-refractivity contribution is -0.384. The average Bonchev–Trinajstić information content (AvgIpc) is 2.83. The summed E-state index contributed by atoms with van der Waals surface area (Å²) in [5, 5.41) is 15.7. The Bertz CT molecular complexity index is 1420. The van der Waals surface area contributed by atoms with E-state index in [1.165, 1.54) is 58.1 Å². The minimum Gasteiger partial charge on any atom is -0.301 e. The van der Waals surface area contributed by atoms with Gasteiger partial charge in [0.25, 0.3) is 11.6 Å². The lowest BCUT2D eigenvalue weighted by Gasteiger charge is -2.22. The third-order valence-corrected chi connectivity index (χ3v) is 5.05. The molecule has 2 aromatic carbocycles. The van der Waals surface area contributed by atoms with E-state index in [4.69, 9.17) is 0 Å². The first-order valence-electron chi connectivity index (χ1n) is 10.2. The number of carbonyl (C=O) groups excluding carboxylic acids is 1. The topological polar surface area (TPSA) is 111 Å². The number of para-hydroxylation sites is 2. The quantitative estimate of drug-likeness (QED) is 0.320. The van der Waals surface area contributed by atoms with Crippen LogP contribution in [0.1, 0.15) is 21.9 Å². The van der Waals surface area contributed by atoms with Crippen molar-refractivity contribution in [1.82, 2.24) is 14.8 Å². The van der Waals surface area contributed by atoms with Crippen LogP contribution in [0.4, 0.5) is 15.8 Å². The largest absolute Gasteiger partial charge is 0.301 e. The van der Waals surface area contributed by atoms with Crippen molar-refractivity contribution in [2.45, 2.75) is 13.5 Å². The number of halogens is 1. The molecule has 0 atom stereocenters. The number of aromatic nitrogens is 3. The van der Waals surface area contributed by atoms with E-state index in [0.29, 0.717) is 17.1 Å². The number of rotatable bonds is 6. The van der Waals surface area contributed by atoms with Gasteiger partial charge in [-0.25, -0.2) is 9.07 Å². The highest BCUT2D eigenvalue weighted by Gasteiger charge is 2.25. The highest BCUT2D eigenvalue weighted by atomic mass is 19.1. The standard InChI is InChI=1S/C24H18FN5O4/c1-16-14-22(31)23(27-29(16)20-7-2-3-8-21(20)30(33)34)24(32)28(15-18-6-4-5-13-26-18)19-11-9-17(25)10-12-19/h2-14H,15H2,1H3. The smallest absolute Gasteiger partial charge is 0.294 e. The number of aryl methyl sites for hydroxylation is 1. The maximum Gasteiger partial charge on any atom is 0.294 e. The third kappa shape index (κ3) is 4.56. The van der Waals surface area contributed by atoms with E-state index in [0.717, 1.165) is 0 Å². The van der Waals surface area contributed by atoms with Crippen molar-refractivity contribution in [1.29, 1.82) is 0 Å². The number of hydrogen-bond donors (Lipinski definition) is 0. The fourth-order valence-corrected chi connectivity index (χ4v) is 3.42. The van der Waals surface area contributed by atoms with Crippen molar-refractivity contribution in [2.24, 2.45) is 0 Å². The van der Waals surface area contributed by atoms with Crippen LogP contribution in [0.2, 0.25) is 0 Å². The van der Waals surface area contributed by atoms with E-state index < -0.39 is 27.8 Å². The minimum atomic E-state index is -0.755. The average molecular weight is 459 g/mol. The Balaban J connectivity index is 1.83. The fourth-order valence-electron chi connectivity index (χ4n) is 3.42. The van der Waals surface area contributed by atoms with Gasteiger partial charge in [-0.1, -0.05) is 18.2 Å². The zero-order valence-electron chi connectivity index (χ0n) is 18.0. The molecule has 9 nitrogen and oxygen atoms in total. The fraction of sp³-hybridized carbons (Fsp3) is 0.0833. The molecule has 0 aliphatic rings.